The molecule has 0 saturated carbocycles. The maximum atomic E-state index is 12.3. The van der Waals surface area contributed by atoms with Crippen LogP contribution in [0.1, 0.15) is 27.0 Å². The molecule has 1 aliphatic rings. The fourth-order valence-corrected chi connectivity index (χ4v) is 2.76. The first-order valence-electron chi connectivity index (χ1n) is 7.78. The summed E-state index contributed by atoms with van der Waals surface area (Å²) in [7, 11) is 0. The van der Waals surface area contributed by atoms with Crippen molar-refractivity contribution >= 4 is 23.7 Å². The van der Waals surface area contributed by atoms with Crippen LogP contribution < -0.4 is 11.4 Å². The van der Waals surface area contributed by atoms with Gasteiger partial charge in [-0.3, -0.25) is 19.0 Å². The summed E-state index contributed by atoms with van der Waals surface area (Å²) >= 11 is 0. The fourth-order valence-electron chi connectivity index (χ4n) is 2.76. The number of hydrogen-bond acceptors (Lipinski definition) is 11. The molecule has 0 amide bonds. The summed E-state index contributed by atoms with van der Waals surface area (Å²) in [5.74, 6) is -5.13. The van der Waals surface area contributed by atoms with Crippen molar-refractivity contribution in [2.24, 2.45) is 0 Å². The van der Waals surface area contributed by atoms with Crippen molar-refractivity contribution in [2.45, 2.75) is 45.0 Å². The van der Waals surface area contributed by atoms with Crippen molar-refractivity contribution in [3.63, 3.8) is 0 Å². The van der Waals surface area contributed by atoms with Gasteiger partial charge in [0.1, 0.15) is 11.9 Å². The van der Waals surface area contributed by atoms with Crippen molar-refractivity contribution in [3.8, 4) is 0 Å². The molecule has 0 aromatic carbocycles. The first kappa shape index (κ1) is 20.3. The first-order chi connectivity index (χ1) is 12.6. The van der Waals surface area contributed by atoms with Crippen molar-refractivity contribution in [2.75, 3.05) is 12.3 Å². The third-order valence-electron chi connectivity index (χ3n) is 3.57. The number of aromatic nitrogens is 2. The van der Waals surface area contributed by atoms with E-state index in [1.54, 1.807) is 0 Å². The van der Waals surface area contributed by atoms with Gasteiger partial charge in [-0.05, 0) is 6.07 Å². The number of nitrogens with zero attached hydrogens (tertiary/aromatic N) is 2. The molecule has 1 aromatic rings. The lowest BCUT2D eigenvalue weighted by molar-refractivity contribution is -0.278. The van der Waals surface area contributed by atoms with E-state index in [0.717, 1.165) is 25.3 Å². The number of aliphatic hydroxyl groups excluding tert-OH is 1. The molecule has 12 heteroatoms. The van der Waals surface area contributed by atoms with Crippen molar-refractivity contribution in [3.05, 3.63) is 22.7 Å². The minimum absolute atomic E-state index is 0.0879. The molecule has 3 N–H and O–H groups in total. The maximum Gasteiger partial charge on any atom is 0.351 e. The molecule has 2 heterocycles. The van der Waals surface area contributed by atoms with E-state index in [-0.39, 0.29) is 5.82 Å². The second kappa shape index (κ2) is 7.72. The van der Waals surface area contributed by atoms with Crippen molar-refractivity contribution < 1.29 is 38.4 Å². The summed E-state index contributed by atoms with van der Waals surface area (Å²) in [6.07, 6.45) is -3.27. The largest absolute Gasteiger partial charge is 0.451 e. The van der Waals surface area contributed by atoms with Gasteiger partial charge in [0.2, 0.25) is 12.3 Å². The lowest BCUT2D eigenvalue weighted by Crippen LogP contribution is -2.56. The summed E-state index contributed by atoms with van der Waals surface area (Å²) in [6, 6.07) is 1.25. The van der Waals surface area contributed by atoms with Gasteiger partial charge < -0.3 is 29.8 Å². The quantitative estimate of drug-likeness (QED) is 0.445. The highest BCUT2D eigenvalue weighted by Crippen LogP contribution is 2.43. The molecule has 1 aromatic heterocycles. The molecule has 1 fully saturated rings. The Bertz CT molecular complexity index is 790. The molecule has 1 aliphatic heterocycles. The van der Waals surface area contributed by atoms with Crippen LogP contribution in [0.5, 0.6) is 0 Å². The van der Waals surface area contributed by atoms with Gasteiger partial charge in [0.05, 0.1) is 6.61 Å². The normalized spacial score (nSPS) is 23.5. The summed E-state index contributed by atoms with van der Waals surface area (Å²) in [5.41, 5.74) is 4.54. The number of carbonyl (C=O) groups excluding carboxylic acids is 3. The predicted molar refractivity (Wildman–Crippen MR) is 85.7 cm³/mol. The SMILES string of the molecule is CC(=O)O[C@@H]1[C@@H](CO)O[C@@H](n2ccc(N)nc2=O)C1(OC(C)=O)OC(C)=O. The zero-order valence-corrected chi connectivity index (χ0v) is 14.8. The second-order valence-corrected chi connectivity index (χ2v) is 5.69. The predicted octanol–water partition coefficient (Wildman–Crippen LogP) is -1.53. The van der Waals surface area contributed by atoms with Gasteiger partial charge >= 0.3 is 29.4 Å². The molecule has 3 atom stereocenters. The smallest absolute Gasteiger partial charge is 0.351 e. The topological polar surface area (TPSA) is 169 Å². The third-order valence-corrected chi connectivity index (χ3v) is 3.57. The number of nitrogens with two attached hydrogens (primary N) is 1. The molecule has 1 saturated heterocycles. The Morgan fingerprint density at radius 3 is 2.30 bits per heavy atom. The van der Waals surface area contributed by atoms with Crippen molar-refractivity contribution in [1.29, 1.82) is 0 Å². The van der Waals surface area contributed by atoms with Crippen LogP contribution >= 0.6 is 0 Å². The molecular formula is C15H19N3O9. The summed E-state index contributed by atoms with van der Waals surface area (Å²) < 4.78 is 21.9. The van der Waals surface area contributed by atoms with Crippen LogP contribution in [0.15, 0.2) is 17.1 Å². The van der Waals surface area contributed by atoms with Gasteiger partial charge in [-0.15, -0.1) is 0 Å². The Morgan fingerprint density at radius 2 is 1.85 bits per heavy atom. The van der Waals surface area contributed by atoms with Crippen LogP contribution in [-0.4, -0.2) is 57.2 Å². The lowest BCUT2D eigenvalue weighted by atomic mass is 10.1. The first-order valence-corrected chi connectivity index (χ1v) is 7.78. The van der Waals surface area contributed by atoms with E-state index in [4.69, 9.17) is 24.7 Å². The highest BCUT2D eigenvalue weighted by Gasteiger charge is 2.66. The van der Waals surface area contributed by atoms with Crippen LogP contribution in [0.4, 0.5) is 5.82 Å². The lowest BCUT2D eigenvalue weighted by Gasteiger charge is -2.35. The number of rotatable bonds is 5. The van der Waals surface area contributed by atoms with Crippen LogP contribution in [0.2, 0.25) is 0 Å². The van der Waals surface area contributed by atoms with Crippen LogP contribution in [0, 0.1) is 0 Å². The molecule has 148 valence electrons. The number of carbonyl (C=O) groups is 3. The second-order valence-electron chi connectivity index (χ2n) is 5.69. The standard InChI is InChI=1S/C15H19N3O9/c1-7(20)24-12-10(6-19)25-13(18-5-4-11(16)17-14(18)23)15(12,26-8(2)21)27-9(3)22/h4-5,10,12-13,19H,6H2,1-3H3,(H2,16,17,23)/t10-,12-,13-/m1/s1. The summed E-state index contributed by atoms with van der Waals surface area (Å²) in [6.45, 7) is 2.40. The minimum Gasteiger partial charge on any atom is -0.451 e. The van der Waals surface area contributed by atoms with Crippen molar-refractivity contribution in [1.82, 2.24) is 9.55 Å². The van der Waals surface area contributed by atoms with E-state index in [9.17, 15) is 24.3 Å². The minimum atomic E-state index is -2.38. The zero-order valence-electron chi connectivity index (χ0n) is 14.8. The molecule has 0 spiro atoms. The number of hydrogen-bond donors (Lipinski definition) is 2. The molecule has 2 rings (SSSR count). The molecule has 27 heavy (non-hydrogen) atoms. The van der Waals surface area contributed by atoms with Gasteiger partial charge in [-0.2, -0.15) is 4.98 Å². The number of nitrogen functional groups attached to an aromatic ring is 1. The van der Waals surface area contributed by atoms with E-state index >= 15 is 0 Å². The average molecular weight is 385 g/mol. The third kappa shape index (κ3) is 4.06. The number of ether oxygens (including phenoxy) is 4. The van der Waals surface area contributed by atoms with E-state index in [2.05, 4.69) is 4.98 Å². The summed E-state index contributed by atoms with van der Waals surface area (Å²) in [5, 5.41) is 9.61. The Hall–Kier alpha value is -2.99. The van der Waals surface area contributed by atoms with E-state index in [0.29, 0.717) is 0 Å². The molecule has 12 nitrogen and oxygen atoms in total. The Kier molecular flexibility index (Phi) is 5.81. The van der Waals surface area contributed by atoms with Gasteiger partial charge in [0.15, 0.2) is 0 Å². The monoisotopic (exact) mass is 385 g/mol. The van der Waals surface area contributed by atoms with Gasteiger partial charge in [-0.25, -0.2) is 4.79 Å². The van der Waals surface area contributed by atoms with E-state index in [1.807, 2.05) is 0 Å². The number of anilines is 1. The summed E-state index contributed by atoms with van der Waals surface area (Å²) in [4.78, 5) is 50.8. The van der Waals surface area contributed by atoms with Gasteiger partial charge in [0.25, 0.3) is 0 Å². The van der Waals surface area contributed by atoms with Crippen LogP contribution in [-0.2, 0) is 33.3 Å². The molecule has 0 aliphatic carbocycles. The molecule has 0 unspecified atom stereocenters. The zero-order chi connectivity index (χ0) is 20.4. The highest BCUT2D eigenvalue weighted by molar-refractivity contribution is 5.70. The molecular weight excluding hydrogens is 366 g/mol. The Morgan fingerprint density at radius 1 is 1.26 bits per heavy atom. The van der Waals surface area contributed by atoms with E-state index in [1.165, 1.54) is 12.3 Å². The maximum absolute atomic E-state index is 12.3. The molecule has 0 radical (unpaired) electrons. The van der Waals surface area contributed by atoms with Gasteiger partial charge in [0, 0.05) is 27.0 Å². The van der Waals surface area contributed by atoms with Gasteiger partial charge in [-0.1, -0.05) is 0 Å². The fraction of sp³-hybridized carbons (Fsp3) is 0.533. The Balaban J connectivity index is 2.69. The van der Waals surface area contributed by atoms with E-state index < -0.39 is 54.4 Å². The molecule has 0 bridgehead atoms. The van der Waals surface area contributed by atoms with Crippen LogP contribution in [0.25, 0.3) is 0 Å². The average Bonchev–Trinajstić information content (AvgIpc) is 2.79. The number of esters is 3. The van der Waals surface area contributed by atoms with Crippen LogP contribution in [0.3, 0.4) is 0 Å². The Labute approximate surface area is 152 Å². The number of aliphatic hydroxyl groups is 1. The highest BCUT2D eigenvalue weighted by atomic mass is 16.8.